The van der Waals surface area contributed by atoms with E-state index >= 15 is 0 Å². The van der Waals surface area contributed by atoms with Crippen molar-refractivity contribution in [2.75, 3.05) is 19.6 Å². The summed E-state index contributed by atoms with van der Waals surface area (Å²) in [5, 5.41) is 3.65. The van der Waals surface area contributed by atoms with Gasteiger partial charge in [-0.15, -0.1) is 0 Å². The van der Waals surface area contributed by atoms with Gasteiger partial charge in [0.1, 0.15) is 0 Å². The third kappa shape index (κ3) is 5.39. The quantitative estimate of drug-likeness (QED) is 0.697. The van der Waals surface area contributed by atoms with E-state index in [1.54, 1.807) is 0 Å². The molecule has 0 heterocycles. The minimum absolute atomic E-state index is 0.436. The predicted molar refractivity (Wildman–Crippen MR) is 94.6 cm³/mol. The average Bonchev–Trinajstić information content (AvgIpc) is 3.26. The van der Waals surface area contributed by atoms with E-state index in [0.717, 1.165) is 12.5 Å². The third-order valence-corrected chi connectivity index (χ3v) is 5.08. The molecule has 2 rings (SSSR count). The fraction of sp³-hybridized carbons (Fsp3) is 0.667. The molecule has 1 atom stereocenters. The first-order chi connectivity index (χ1) is 10.1. The van der Waals surface area contributed by atoms with Crippen LogP contribution in [0.25, 0.3) is 0 Å². The van der Waals surface area contributed by atoms with E-state index < -0.39 is 0 Å². The van der Waals surface area contributed by atoms with Gasteiger partial charge in [-0.1, -0.05) is 41.1 Å². The summed E-state index contributed by atoms with van der Waals surface area (Å²) in [6.45, 7) is 10.3. The van der Waals surface area contributed by atoms with Crippen molar-refractivity contribution in [2.45, 2.75) is 52.1 Å². The Bertz CT molecular complexity index is 429. The Hall–Kier alpha value is -0.380. The molecule has 0 bridgehead atoms. The van der Waals surface area contributed by atoms with E-state index in [0.29, 0.717) is 12.1 Å². The Morgan fingerprint density at radius 1 is 1.29 bits per heavy atom. The number of benzene rings is 1. The Labute approximate surface area is 138 Å². The second kappa shape index (κ2) is 8.30. The first kappa shape index (κ1) is 17.0. The van der Waals surface area contributed by atoms with Crippen molar-refractivity contribution in [3.05, 3.63) is 34.3 Å². The SMILES string of the molecule is CCNC(CCN(CC1CC1)C(C)C)c1ccccc1Br. The van der Waals surface area contributed by atoms with Crippen LogP contribution in [0.4, 0.5) is 0 Å². The number of rotatable bonds is 9. The normalized spacial score (nSPS) is 16.7. The summed E-state index contributed by atoms with van der Waals surface area (Å²) in [5.41, 5.74) is 1.38. The van der Waals surface area contributed by atoms with Crippen molar-refractivity contribution < 1.29 is 0 Å². The molecule has 1 unspecified atom stereocenters. The largest absolute Gasteiger partial charge is 0.310 e. The van der Waals surface area contributed by atoms with Crippen LogP contribution in [0.5, 0.6) is 0 Å². The average molecular weight is 353 g/mol. The van der Waals surface area contributed by atoms with E-state index in [4.69, 9.17) is 0 Å². The highest BCUT2D eigenvalue weighted by Crippen LogP contribution is 2.31. The first-order valence-corrected chi connectivity index (χ1v) is 9.13. The maximum atomic E-state index is 3.70. The molecule has 1 aliphatic rings. The predicted octanol–water partition coefficient (Wildman–Crippen LogP) is 4.61. The number of hydrogen-bond acceptors (Lipinski definition) is 2. The van der Waals surface area contributed by atoms with Gasteiger partial charge in [0.2, 0.25) is 0 Å². The highest BCUT2D eigenvalue weighted by Gasteiger charge is 2.26. The summed E-state index contributed by atoms with van der Waals surface area (Å²) in [6, 6.07) is 9.68. The zero-order valence-electron chi connectivity index (χ0n) is 13.6. The summed E-state index contributed by atoms with van der Waals surface area (Å²) < 4.78 is 1.22. The van der Waals surface area contributed by atoms with E-state index in [-0.39, 0.29) is 0 Å². The minimum Gasteiger partial charge on any atom is -0.310 e. The topological polar surface area (TPSA) is 15.3 Å². The summed E-state index contributed by atoms with van der Waals surface area (Å²) in [6.07, 6.45) is 4.04. The molecule has 0 aliphatic heterocycles. The summed E-state index contributed by atoms with van der Waals surface area (Å²) in [7, 11) is 0. The van der Waals surface area contributed by atoms with Crippen molar-refractivity contribution in [1.82, 2.24) is 10.2 Å². The highest BCUT2D eigenvalue weighted by atomic mass is 79.9. The van der Waals surface area contributed by atoms with Crippen LogP contribution in [0.15, 0.2) is 28.7 Å². The van der Waals surface area contributed by atoms with Gasteiger partial charge in [0.25, 0.3) is 0 Å². The summed E-state index contributed by atoms with van der Waals surface area (Å²) in [4.78, 5) is 2.65. The summed E-state index contributed by atoms with van der Waals surface area (Å²) >= 11 is 3.70. The number of nitrogens with zero attached hydrogens (tertiary/aromatic N) is 1. The molecule has 1 fully saturated rings. The standard InChI is InChI=1S/C18H29BrN2/c1-4-20-18(16-7-5-6-8-17(16)19)11-12-21(14(2)3)13-15-9-10-15/h5-8,14-15,18,20H,4,9-13H2,1-3H3. The van der Waals surface area contributed by atoms with Crippen molar-refractivity contribution in [2.24, 2.45) is 5.92 Å². The molecule has 0 saturated heterocycles. The second-order valence-electron chi connectivity index (χ2n) is 6.45. The van der Waals surface area contributed by atoms with Gasteiger partial charge in [-0.3, -0.25) is 0 Å². The van der Waals surface area contributed by atoms with Crippen LogP contribution in [0.1, 0.15) is 51.6 Å². The molecular formula is C18H29BrN2. The zero-order chi connectivity index (χ0) is 15.2. The second-order valence-corrected chi connectivity index (χ2v) is 7.31. The lowest BCUT2D eigenvalue weighted by molar-refractivity contribution is 0.201. The molecule has 1 N–H and O–H groups in total. The van der Waals surface area contributed by atoms with E-state index in [1.165, 1.54) is 42.4 Å². The molecule has 0 aromatic heterocycles. The molecule has 3 heteroatoms. The van der Waals surface area contributed by atoms with Crippen molar-refractivity contribution in [3.8, 4) is 0 Å². The highest BCUT2D eigenvalue weighted by molar-refractivity contribution is 9.10. The number of nitrogens with one attached hydrogen (secondary N) is 1. The molecular weight excluding hydrogens is 324 g/mol. The molecule has 0 amide bonds. The van der Waals surface area contributed by atoms with Crippen LogP contribution in [-0.2, 0) is 0 Å². The fourth-order valence-electron chi connectivity index (χ4n) is 2.86. The Morgan fingerprint density at radius 2 is 2.00 bits per heavy atom. The van der Waals surface area contributed by atoms with Crippen LogP contribution in [-0.4, -0.2) is 30.6 Å². The Kier molecular flexibility index (Phi) is 6.72. The Balaban J connectivity index is 1.96. The molecule has 1 aromatic carbocycles. The van der Waals surface area contributed by atoms with E-state index in [2.05, 4.69) is 71.2 Å². The fourth-order valence-corrected chi connectivity index (χ4v) is 3.42. The van der Waals surface area contributed by atoms with E-state index in [9.17, 15) is 0 Å². The molecule has 1 saturated carbocycles. The molecule has 1 aromatic rings. The maximum absolute atomic E-state index is 3.70. The van der Waals surface area contributed by atoms with Crippen LogP contribution < -0.4 is 5.32 Å². The Morgan fingerprint density at radius 3 is 2.57 bits per heavy atom. The van der Waals surface area contributed by atoms with Gasteiger partial charge in [0.15, 0.2) is 0 Å². The molecule has 1 aliphatic carbocycles. The molecule has 0 spiro atoms. The maximum Gasteiger partial charge on any atom is 0.0343 e. The van der Waals surface area contributed by atoms with Crippen LogP contribution in [0.3, 0.4) is 0 Å². The van der Waals surface area contributed by atoms with E-state index in [1.807, 2.05) is 0 Å². The van der Waals surface area contributed by atoms with Gasteiger partial charge in [0.05, 0.1) is 0 Å². The van der Waals surface area contributed by atoms with Crippen molar-refractivity contribution in [3.63, 3.8) is 0 Å². The lowest BCUT2D eigenvalue weighted by Gasteiger charge is -2.29. The van der Waals surface area contributed by atoms with Crippen LogP contribution in [0.2, 0.25) is 0 Å². The molecule has 21 heavy (non-hydrogen) atoms. The van der Waals surface area contributed by atoms with Crippen LogP contribution >= 0.6 is 15.9 Å². The minimum atomic E-state index is 0.436. The molecule has 0 radical (unpaired) electrons. The van der Waals surface area contributed by atoms with Crippen LogP contribution in [0, 0.1) is 5.92 Å². The zero-order valence-corrected chi connectivity index (χ0v) is 15.2. The number of halogens is 1. The third-order valence-electron chi connectivity index (χ3n) is 4.36. The van der Waals surface area contributed by atoms with Gasteiger partial charge >= 0.3 is 0 Å². The van der Waals surface area contributed by atoms with Crippen molar-refractivity contribution >= 4 is 15.9 Å². The number of hydrogen-bond donors (Lipinski definition) is 1. The molecule has 118 valence electrons. The van der Waals surface area contributed by atoms with Gasteiger partial charge in [-0.2, -0.15) is 0 Å². The lowest BCUT2D eigenvalue weighted by Crippen LogP contribution is -2.36. The van der Waals surface area contributed by atoms with Gasteiger partial charge in [-0.05, 0) is 57.2 Å². The monoisotopic (exact) mass is 352 g/mol. The van der Waals surface area contributed by atoms with Gasteiger partial charge in [-0.25, -0.2) is 0 Å². The smallest absolute Gasteiger partial charge is 0.0343 e. The summed E-state index contributed by atoms with van der Waals surface area (Å²) in [5.74, 6) is 0.966. The van der Waals surface area contributed by atoms with Gasteiger partial charge in [0, 0.05) is 29.6 Å². The van der Waals surface area contributed by atoms with Gasteiger partial charge < -0.3 is 10.2 Å². The van der Waals surface area contributed by atoms with Crippen molar-refractivity contribution in [1.29, 1.82) is 0 Å². The molecule has 2 nitrogen and oxygen atoms in total. The first-order valence-electron chi connectivity index (χ1n) is 8.33. The lowest BCUT2D eigenvalue weighted by atomic mass is 10.0.